The maximum absolute atomic E-state index is 14.0. The van der Waals surface area contributed by atoms with Crippen LogP contribution in [0, 0.1) is 17.7 Å². The van der Waals surface area contributed by atoms with Crippen LogP contribution in [0.4, 0.5) is 15.2 Å². The monoisotopic (exact) mass is 399 g/mol. The molecule has 5 rings (SSSR count). The summed E-state index contributed by atoms with van der Waals surface area (Å²) in [5, 5.41) is 8.54. The first-order valence-corrected chi connectivity index (χ1v) is 10.3. The molecule has 29 heavy (non-hydrogen) atoms. The number of urea groups is 1. The van der Waals surface area contributed by atoms with Crippen molar-refractivity contribution in [1.29, 1.82) is 0 Å². The summed E-state index contributed by atoms with van der Waals surface area (Å²) < 4.78 is 19.9. The molecular weight excluding hydrogens is 373 g/mol. The fourth-order valence-electron chi connectivity index (χ4n) is 4.95. The van der Waals surface area contributed by atoms with Crippen molar-refractivity contribution in [2.45, 2.75) is 31.2 Å². The normalized spacial score (nSPS) is 26.5. The average molecular weight is 399 g/mol. The van der Waals surface area contributed by atoms with Crippen LogP contribution in [-0.2, 0) is 0 Å². The molecule has 1 aliphatic carbocycles. The topological polar surface area (TPSA) is 65.7 Å². The summed E-state index contributed by atoms with van der Waals surface area (Å²) >= 11 is 0. The van der Waals surface area contributed by atoms with Gasteiger partial charge in [-0.3, -0.25) is 0 Å². The number of hydrogen-bond donors (Lipinski definition) is 0. The van der Waals surface area contributed by atoms with Crippen molar-refractivity contribution in [2.24, 2.45) is 11.8 Å². The Kier molecular flexibility index (Phi) is 4.44. The van der Waals surface area contributed by atoms with Gasteiger partial charge in [-0.05, 0) is 30.5 Å². The summed E-state index contributed by atoms with van der Waals surface area (Å²) in [7, 11) is 3.51. The van der Waals surface area contributed by atoms with E-state index in [-0.39, 0.29) is 29.7 Å². The van der Waals surface area contributed by atoms with Crippen molar-refractivity contribution in [2.75, 3.05) is 38.6 Å². The smallest absolute Gasteiger partial charge is 0.320 e. The first-order valence-electron chi connectivity index (χ1n) is 10.3. The van der Waals surface area contributed by atoms with E-state index in [0.717, 1.165) is 37.4 Å². The van der Waals surface area contributed by atoms with Crippen LogP contribution in [0.25, 0.3) is 0 Å². The lowest BCUT2D eigenvalue weighted by molar-refractivity contribution is 0.159. The predicted octanol–water partition coefficient (Wildman–Crippen LogP) is 3.27. The summed E-state index contributed by atoms with van der Waals surface area (Å²) in [6.45, 7) is 2.12. The minimum atomic E-state index is -0.278. The molecule has 0 radical (unpaired) electrons. The molecule has 0 bridgehead atoms. The van der Waals surface area contributed by atoms with Crippen LogP contribution in [0.1, 0.15) is 42.7 Å². The Morgan fingerprint density at radius 2 is 2.03 bits per heavy atom. The maximum atomic E-state index is 14.0. The molecule has 3 aliphatic rings. The molecule has 1 aromatic heterocycles. The van der Waals surface area contributed by atoms with Crippen LogP contribution in [0.3, 0.4) is 0 Å². The van der Waals surface area contributed by atoms with Gasteiger partial charge in [-0.15, -0.1) is 5.10 Å². The number of carbonyl (C=O) groups is 1. The van der Waals surface area contributed by atoms with Gasteiger partial charge in [0, 0.05) is 51.5 Å². The molecule has 3 fully saturated rings. The highest BCUT2D eigenvalue weighted by atomic mass is 19.1. The molecule has 2 saturated heterocycles. The zero-order valence-electron chi connectivity index (χ0n) is 16.8. The molecule has 2 aliphatic heterocycles. The molecular formula is C21H26FN5O2. The highest BCUT2D eigenvalue weighted by Crippen LogP contribution is 2.46. The third kappa shape index (κ3) is 3.14. The quantitative estimate of drug-likeness (QED) is 0.793. The Morgan fingerprint density at radius 1 is 1.21 bits per heavy atom. The number of benzene rings is 1. The van der Waals surface area contributed by atoms with E-state index >= 15 is 0 Å². The minimum absolute atomic E-state index is 0.0368. The summed E-state index contributed by atoms with van der Waals surface area (Å²) in [4.78, 5) is 18.4. The minimum Gasteiger partial charge on any atom is -0.408 e. The van der Waals surface area contributed by atoms with Gasteiger partial charge in [0.15, 0.2) is 0 Å². The number of rotatable bonds is 3. The van der Waals surface area contributed by atoms with Gasteiger partial charge in [0.05, 0.1) is 6.04 Å². The van der Waals surface area contributed by atoms with Crippen molar-refractivity contribution >= 4 is 12.0 Å². The lowest BCUT2D eigenvalue weighted by Crippen LogP contribution is -2.41. The van der Waals surface area contributed by atoms with Gasteiger partial charge >= 0.3 is 12.0 Å². The zero-order valence-corrected chi connectivity index (χ0v) is 16.8. The number of anilines is 1. The van der Waals surface area contributed by atoms with Gasteiger partial charge in [-0.2, -0.15) is 0 Å². The van der Waals surface area contributed by atoms with Gasteiger partial charge in [0.1, 0.15) is 5.82 Å². The van der Waals surface area contributed by atoms with Crippen LogP contribution in [0.2, 0.25) is 0 Å². The summed E-state index contributed by atoms with van der Waals surface area (Å²) in [5.41, 5.74) is 0.843. The Balaban J connectivity index is 1.40. The lowest BCUT2D eigenvalue weighted by Gasteiger charge is -2.31. The molecule has 8 heteroatoms. The molecule has 2 amide bonds. The number of likely N-dealkylation sites (tertiary alicyclic amines) is 1. The number of carbonyl (C=O) groups excluding carboxylic acids is 1. The molecule has 3 atom stereocenters. The van der Waals surface area contributed by atoms with E-state index in [1.54, 1.807) is 31.1 Å². The fourth-order valence-corrected chi connectivity index (χ4v) is 4.95. The Bertz CT molecular complexity index is 912. The Labute approximate surface area is 169 Å². The van der Waals surface area contributed by atoms with Gasteiger partial charge in [0.2, 0.25) is 5.89 Å². The predicted molar refractivity (Wildman–Crippen MR) is 105 cm³/mol. The number of aromatic nitrogens is 2. The molecule has 0 unspecified atom stereocenters. The standard InChI is InChI=1S/C21H26FN5O2/c1-25(2)21(28)27-11-15-10-26(20-24-23-19(29-20)13-5-3-6-13)12-17(15)18(27)14-7-4-8-16(22)9-14/h4,7-9,13,15,17-18H,3,5-6,10-12H2,1-2H3/t15-,17-,18-/m1/s1. The van der Waals surface area contributed by atoms with Gasteiger partial charge in [0.25, 0.3) is 0 Å². The van der Waals surface area contributed by atoms with Crippen molar-refractivity contribution in [3.63, 3.8) is 0 Å². The highest BCUT2D eigenvalue weighted by molar-refractivity contribution is 5.75. The Hall–Kier alpha value is -2.64. The second-order valence-corrected chi connectivity index (χ2v) is 8.71. The fraction of sp³-hybridized carbons (Fsp3) is 0.571. The van der Waals surface area contributed by atoms with E-state index in [0.29, 0.717) is 18.5 Å². The third-order valence-electron chi connectivity index (χ3n) is 6.64. The third-order valence-corrected chi connectivity index (χ3v) is 6.64. The van der Waals surface area contributed by atoms with Crippen LogP contribution < -0.4 is 4.90 Å². The summed E-state index contributed by atoms with van der Waals surface area (Å²) in [6.07, 6.45) is 3.47. The maximum Gasteiger partial charge on any atom is 0.320 e. The molecule has 2 aromatic rings. The summed E-state index contributed by atoms with van der Waals surface area (Å²) in [6, 6.07) is 6.99. The van der Waals surface area contributed by atoms with Gasteiger partial charge in [-0.25, -0.2) is 9.18 Å². The van der Waals surface area contributed by atoms with E-state index in [1.807, 2.05) is 11.0 Å². The summed E-state index contributed by atoms with van der Waals surface area (Å²) in [5.74, 6) is 1.35. The zero-order chi connectivity index (χ0) is 20.1. The van der Waals surface area contributed by atoms with Gasteiger partial charge in [-0.1, -0.05) is 23.7 Å². The lowest BCUT2D eigenvalue weighted by atomic mass is 9.85. The molecule has 1 saturated carbocycles. The first kappa shape index (κ1) is 18.4. The number of amides is 2. The van der Waals surface area contributed by atoms with Crippen molar-refractivity contribution in [1.82, 2.24) is 20.0 Å². The van der Waals surface area contributed by atoms with Crippen LogP contribution in [0.15, 0.2) is 28.7 Å². The molecule has 0 N–H and O–H groups in total. The van der Waals surface area contributed by atoms with E-state index in [2.05, 4.69) is 15.1 Å². The first-order chi connectivity index (χ1) is 14.0. The number of fused-ring (bicyclic) bond motifs is 1. The number of halogens is 1. The number of nitrogens with zero attached hydrogens (tertiary/aromatic N) is 5. The molecule has 3 heterocycles. The SMILES string of the molecule is CN(C)C(=O)N1C[C@H]2CN(c3nnc(C4CCC4)o3)C[C@H]2[C@H]1c1cccc(F)c1. The van der Waals surface area contributed by atoms with E-state index in [4.69, 9.17) is 4.42 Å². The van der Waals surface area contributed by atoms with Crippen LogP contribution in [-0.4, -0.2) is 59.8 Å². The van der Waals surface area contributed by atoms with E-state index in [1.165, 1.54) is 12.5 Å². The Morgan fingerprint density at radius 3 is 2.72 bits per heavy atom. The van der Waals surface area contributed by atoms with Crippen molar-refractivity contribution < 1.29 is 13.6 Å². The van der Waals surface area contributed by atoms with Crippen LogP contribution in [0.5, 0.6) is 0 Å². The van der Waals surface area contributed by atoms with Crippen LogP contribution >= 0.6 is 0 Å². The number of hydrogen-bond acceptors (Lipinski definition) is 5. The van der Waals surface area contributed by atoms with E-state index < -0.39 is 0 Å². The molecule has 7 nitrogen and oxygen atoms in total. The molecule has 1 aromatic carbocycles. The van der Waals surface area contributed by atoms with Crippen molar-refractivity contribution in [3.05, 3.63) is 41.5 Å². The second kappa shape index (κ2) is 7.00. The van der Waals surface area contributed by atoms with Crippen molar-refractivity contribution in [3.8, 4) is 0 Å². The average Bonchev–Trinajstić information content (AvgIpc) is 3.33. The van der Waals surface area contributed by atoms with Gasteiger partial charge < -0.3 is 19.1 Å². The largest absolute Gasteiger partial charge is 0.408 e. The second-order valence-electron chi connectivity index (χ2n) is 8.71. The molecule has 0 spiro atoms. The highest BCUT2D eigenvalue weighted by Gasteiger charge is 2.50. The van der Waals surface area contributed by atoms with E-state index in [9.17, 15) is 9.18 Å². The molecule has 154 valence electrons.